The second-order valence-corrected chi connectivity index (χ2v) is 7.40. The third-order valence-electron chi connectivity index (χ3n) is 4.83. The fourth-order valence-corrected chi connectivity index (χ4v) is 3.71. The van der Waals surface area contributed by atoms with Gasteiger partial charge in [-0.3, -0.25) is 10.4 Å². The van der Waals surface area contributed by atoms with Crippen molar-refractivity contribution in [1.82, 2.24) is 15.3 Å². The van der Waals surface area contributed by atoms with Gasteiger partial charge in [0.25, 0.3) is 0 Å². The second kappa shape index (κ2) is 8.20. The minimum atomic E-state index is 0.520. The Morgan fingerprint density at radius 3 is 2.68 bits per heavy atom. The number of nitrogens with two attached hydrogens (primary N) is 1. The zero-order valence-electron chi connectivity index (χ0n) is 15.3. The summed E-state index contributed by atoms with van der Waals surface area (Å²) in [5.41, 5.74) is 12.2. The number of halogens is 1. The lowest BCUT2D eigenvalue weighted by molar-refractivity contribution is 0.318. The van der Waals surface area contributed by atoms with Crippen molar-refractivity contribution >= 4 is 46.0 Å². The second-order valence-electron chi connectivity index (χ2n) is 6.61. The number of thiocarbonyl (C=S) groups is 1. The molecule has 0 saturated carbocycles. The van der Waals surface area contributed by atoms with Crippen molar-refractivity contribution in [3.63, 3.8) is 0 Å². The van der Waals surface area contributed by atoms with Crippen LogP contribution in [0.5, 0.6) is 5.75 Å². The van der Waals surface area contributed by atoms with E-state index < -0.39 is 0 Å². The molecule has 0 unspecified atom stereocenters. The summed E-state index contributed by atoms with van der Waals surface area (Å²) < 4.78 is 5.61. The number of nitrogen functional groups attached to an aromatic ring is 1. The van der Waals surface area contributed by atoms with E-state index in [0.29, 0.717) is 34.6 Å². The first-order chi connectivity index (χ1) is 13.6. The Morgan fingerprint density at radius 2 is 1.93 bits per heavy atom. The van der Waals surface area contributed by atoms with Crippen LogP contribution < -0.4 is 20.8 Å². The normalized spacial score (nSPS) is 17.8. The van der Waals surface area contributed by atoms with Crippen LogP contribution >= 0.6 is 23.8 Å². The minimum Gasteiger partial charge on any atom is -0.489 e. The molecule has 0 spiro atoms. The van der Waals surface area contributed by atoms with Gasteiger partial charge in [0, 0.05) is 50.2 Å². The monoisotopic (exact) mass is 416 g/mol. The average molecular weight is 417 g/mol. The van der Waals surface area contributed by atoms with Gasteiger partial charge in [-0.05, 0) is 42.5 Å². The molecule has 9 heteroatoms. The third-order valence-corrected chi connectivity index (χ3v) is 5.47. The van der Waals surface area contributed by atoms with Gasteiger partial charge in [-0.1, -0.05) is 11.6 Å². The largest absolute Gasteiger partial charge is 0.489 e. The van der Waals surface area contributed by atoms with Crippen molar-refractivity contribution in [2.45, 2.75) is 6.42 Å². The van der Waals surface area contributed by atoms with Crippen LogP contribution in [-0.2, 0) is 0 Å². The summed E-state index contributed by atoms with van der Waals surface area (Å²) in [6.45, 7) is 3.94. The fourth-order valence-electron chi connectivity index (χ4n) is 3.28. The lowest BCUT2D eigenvalue weighted by Gasteiger charge is -2.37. The van der Waals surface area contributed by atoms with Crippen LogP contribution in [0.4, 0.5) is 11.4 Å². The van der Waals surface area contributed by atoms with Gasteiger partial charge in [-0.2, -0.15) is 5.10 Å². The Balaban J connectivity index is 1.36. The lowest BCUT2D eigenvalue weighted by atomic mass is 10.1. The van der Waals surface area contributed by atoms with E-state index in [1.165, 1.54) is 5.69 Å². The predicted molar refractivity (Wildman–Crippen MR) is 116 cm³/mol. The number of fused-ring (bicyclic) bond motifs is 1. The predicted octanol–water partition coefficient (Wildman–Crippen LogP) is 2.50. The van der Waals surface area contributed by atoms with Gasteiger partial charge >= 0.3 is 0 Å². The molecule has 0 atom stereocenters. The number of benzene rings is 1. The molecule has 0 radical (unpaired) electrons. The number of nitrogens with one attached hydrogen (secondary N) is 1. The molecule has 1 saturated heterocycles. The Morgan fingerprint density at radius 1 is 1.18 bits per heavy atom. The molecule has 1 aromatic heterocycles. The van der Waals surface area contributed by atoms with Gasteiger partial charge in [0.2, 0.25) is 0 Å². The SMILES string of the molecule is Nc1ccc(N2CCN(C(=S)N/N=C3/CCOc4c(Cl)ccnc43)CC2)cc1. The van der Waals surface area contributed by atoms with Crippen molar-refractivity contribution in [3.05, 3.63) is 47.2 Å². The molecule has 28 heavy (non-hydrogen) atoms. The number of ether oxygens (including phenoxy) is 1. The summed E-state index contributed by atoms with van der Waals surface area (Å²) in [4.78, 5) is 8.80. The van der Waals surface area contributed by atoms with E-state index in [0.717, 1.165) is 37.6 Å². The maximum absolute atomic E-state index is 6.18. The number of hydrazone groups is 1. The van der Waals surface area contributed by atoms with Gasteiger partial charge in [-0.15, -0.1) is 0 Å². The Hall–Kier alpha value is -2.58. The van der Waals surface area contributed by atoms with Crippen molar-refractivity contribution in [2.24, 2.45) is 5.10 Å². The molecular formula is C19H21ClN6OS. The van der Waals surface area contributed by atoms with Crippen LogP contribution in [0, 0.1) is 0 Å². The van der Waals surface area contributed by atoms with Gasteiger partial charge in [0.1, 0.15) is 5.69 Å². The average Bonchev–Trinajstić information content (AvgIpc) is 2.73. The summed E-state index contributed by atoms with van der Waals surface area (Å²) in [5.74, 6) is 0.582. The molecule has 0 bridgehead atoms. The molecule has 1 aromatic carbocycles. The first-order valence-electron chi connectivity index (χ1n) is 9.11. The van der Waals surface area contributed by atoms with Crippen LogP contribution in [0.1, 0.15) is 12.1 Å². The number of hydrogen-bond donors (Lipinski definition) is 2. The molecule has 0 aliphatic carbocycles. The molecular weight excluding hydrogens is 396 g/mol. The topological polar surface area (TPSA) is 79.0 Å². The van der Waals surface area contributed by atoms with Gasteiger partial charge < -0.3 is 20.3 Å². The number of anilines is 2. The van der Waals surface area contributed by atoms with Gasteiger partial charge in [-0.25, -0.2) is 0 Å². The summed E-state index contributed by atoms with van der Waals surface area (Å²) in [6, 6.07) is 9.66. The van der Waals surface area contributed by atoms with Gasteiger partial charge in [0.05, 0.1) is 17.3 Å². The van der Waals surface area contributed by atoms with Crippen molar-refractivity contribution in [3.8, 4) is 5.75 Å². The highest BCUT2D eigenvalue weighted by atomic mass is 35.5. The number of nitrogens with zero attached hydrogens (tertiary/aromatic N) is 4. The smallest absolute Gasteiger partial charge is 0.189 e. The molecule has 7 nitrogen and oxygen atoms in total. The van der Waals surface area contributed by atoms with E-state index in [-0.39, 0.29) is 0 Å². The summed E-state index contributed by atoms with van der Waals surface area (Å²) >= 11 is 11.7. The quantitative estimate of drug-likeness (QED) is 0.442. The highest BCUT2D eigenvalue weighted by molar-refractivity contribution is 7.80. The first kappa shape index (κ1) is 18.8. The third kappa shape index (κ3) is 3.98. The Kier molecular flexibility index (Phi) is 5.50. The maximum atomic E-state index is 6.18. The van der Waals surface area contributed by atoms with Crippen molar-refractivity contribution < 1.29 is 4.74 Å². The van der Waals surface area contributed by atoms with E-state index in [1.807, 2.05) is 24.3 Å². The lowest BCUT2D eigenvalue weighted by Crippen LogP contribution is -2.51. The highest BCUT2D eigenvalue weighted by Crippen LogP contribution is 2.30. The first-order valence-corrected chi connectivity index (χ1v) is 9.90. The van der Waals surface area contributed by atoms with Crippen LogP contribution in [0.2, 0.25) is 5.02 Å². The van der Waals surface area contributed by atoms with Crippen LogP contribution in [-0.4, -0.2) is 53.5 Å². The summed E-state index contributed by atoms with van der Waals surface area (Å²) in [6.07, 6.45) is 2.31. The summed E-state index contributed by atoms with van der Waals surface area (Å²) in [5, 5.41) is 5.63. The van der Waals surface area contributed by atoms with Gasteiger partial charge in [0.15, 0.2) is 10.9 Å². The molecule has 3 heterocycles. The molecule has 3 N–H and O–H groups in total. The zero-order valence-corrected chi connectivity index (χ0v) is 16.8. The standard InChI is InChI=1S/C19H21ClN6OS/c20-15-5-7-22-17-16(6-12-27-18(15)17)23-24-19(28)26-10-8-25(9-11-26)14-3-1-13(21)2-4-14/h1-5,7H,6,8-12,21H2,(H,24,28)/b23-16-. The Labute approximate surface area is 174 Å². The minimum absolute atomic E-state index is 0.520. The summed E-state index contributed by atoms with van der Waals surface area (Å²) in [7, 11) is 0. The van der Waals surface area contributed by atoms with Crippen LogP contribution in [0.3, 0.4) is 0 Å². The number of hydrogen-bond acceptors (Lipinski definition) is 6. The van der Waals surface area contributed by atoms with E-state index in [4.69, 9.17) is 34.3 Å². The van der Waals surface area contributed by atoms with E-state index >= 15 is 0 Å². The number of piperazine rings is 1. The highest BCUT2D eigenvalue weighted by Gasteiger charge is 2.22. The molecule has 2 aliphatic rings. The number of aromatic nitrogens is 1. The Bertz CT molecular complexity index is 896. The van der Waals surface area contributed by atoms with Crippen molar-refractivity contribution in [1.29, 1.82) is 0 Å². The zero-order chi connectivity index (χ0) is 19.5. The molecule has 1 fully saturated rings. The van der Waals surface area contributed by atoms with E-state index in [1.54, 1.807) is 12.3 Å². The molecule has 146 valence electrons. The molecule has 0 amide bonds. The van der Waals surface area contributed by atoms with Crippen LogP contribution in [0.15, 0.2) is 41.6 Å². The number of pyridine rings is 1. The molecule has 2 aliphatic heterocycles. The number of rotatable bonds is 2. The molecule has 2 aromatic rings. The van der Waals surface area contributed by atoms with E-state index in [9.17, 15) is 0 Å². The van der Waals surface area contributed by atoms with Crippen LogP contribution in [0.25, 0.3) is 0 Å². The maximum Gasteiger partial charge on any atom is 0.189 e. The molecule has 4 rings (SSSR count). The van der Waals surface area contributed by atoms with E-state index in [2.05, 4.69) is 25.3 Å². The van der Waals surface area contributed by atoms with Crippen molar-refractivity contribution in [2.75, 3.05) is 43.4 Å². The fraction of sp³-hybridized carbons (Fsp3) is 0.316.